The Bertz CT molecular complexity index is 981. The Morgan fingerprint density at radius 3 is 1.73 bits per heavy atom. The van der Waals surface area contributed by atoms with Gasteiger partial charge < -0.3 is 33.2 Å². The lowest BCUT2D eigenvalue weighted by Gasteiger charge is -2.24. The van der Waals surface area contributed by atoms with Crippen molar-refractivity contribution in [3.05, 3.63) is 35.4 Å². The second-order valence-electron chi connectivity index (χ2n) is 6.68. The number of ether oxygens (including phenoxy) is 7. The highest BCUT2D eigenvalue weighted by atomic mass is 79.9. The highest BCUT2D eigenvalue weighted by Gasteiger charge is 2.34. The molecule has 180 valence electrons. The van der Waals surface area contributed by atoms with Crippen molar-refractivity contribution in [2.45, 2.75) is 17.9 Å². The molecule has 2 rings (SSSR count). The Balaban J connectivity index is 2.59. The molecule has 0 heterocycles. The summed E-state index contributed by atoms with van der Waals surface area (Å²) in [6, 6.07) is 6.35. The van der Waals surface area contributed by atoms with Gasteiger partial charge in [0, 0.05) is 26.2 Å². The number of benzene rings is 2. The Morgan fingerprint density at radius 2 is 1.30 bits per heavy atom. The van der Waals surface area contributed by atoms with E-state index in [1.165, 1.54) is 61.7 Å². The smallest absolute Gasteiger partial charge is 0.308 e. The van der Waals surface area contributed by atoms with Crippen LogP contribution in [0.4, 0.5) is 0 Å². The fraction of sp³-hybridized carbons (Fsp3) is 0.391. The van der Waals surface area contributed by atoms with Crippen LogP contribution in [0.25, 0.3) is 0 Å². The summed E-state index contributed by atoms with van der Waals surface area (Å²) in [5.74, 6) is 0.730. The van der Waals surface area contributed by atoms with Gasteiger partial charge >= 0.3 is 5.97 Å². The monoisotopic (exact) mass is 526 g/mol. The SMILES string of the molecule is COc1cc(OC)c(C(=O)C(Br)C(OC)c2cc(OC)c(OC)c(OC)c2)c(OC(C)=O)c1. The number of ketones is 1. The quantitative estimate of drug-likeness (QED) is 0.186. The molecule has 2 aromatic carbocycles. The number of hydrogen-bond donors (Lipinski definition) is 0. The van der Waals surface area contributed by atoms with Gasteiger partial charge in [0.2, 0.25) is 5.75 Å². The number of esters is 1. The Labute approximate surface area is 200 Å². The van der Waals surface area contributed by atoms with Gasteiger partial charge in [-0.1, -0.05) is 15.9 Å². The number of halogens is 1. The number of rotatable bonds is 11. The molecule has 0 fully saturated rings. The molecule has 0 bridgehead atoms. The van der Waals surface area contributed by atoms with Gasteiger partial charge in [-0.05, 0) is 17.7 Å². The van der Waals surface area contributed by atoms with Gasteiger partial charge in [-0.3, -0.25) is 9.59 Å². The number of Topliss-reactive ketones (excluding diaryl/α,β-unsaturated/α-hetero) is 1. The number of carbonyl (C=O) groups is 2. The first-order valence-corrected chi connectivity index (χ1v) is 10.6. The van der Waals surface area contributed by atoms with E-state index in [0.29, 0.717) is 28.6 Å². The molecule has 0 aromatic heterocycles. The van der Waals surface area contributed by atoms with Crippen LogP contribution in [0.2, 0.25) is 0 Å². The molecule has 0 aliphatic carbocycles. The third-order valence-corrected chi connectivity index (χ3v) is 5.68. The average molecular weight is 527 g/mol. The molecule has 0 N–H and O–H groups in total. The van der Waals surface area contributed by atoms with Gasteiger partial charge in [0.1, 0.15) is 33.7 Å². The molecular weight excluding hydrogens is 500 g/mol. The van der Waals surface area contributed by atoms with E-state index < -0.39 is 22.7 Å². The maximum atomic E-state index is 13.6. The molecule has 2 unspecified atom stereocenters. The largest absolute Gasteiger partial charge is 0.496 e. The van der Waals surface area contributed by atoms with E-state index in [2.05, 4.69) is 15.9 Å². The van der Waals surface area contributed by atoms with Crippen LogP contribution in [0.3, 0.4) is 0 Å². The van der Waals surface area contributed by atoms with Crippen LogP contribution in [-0.4, -0.2) is 59.2 Å². The van der Waals surface area contributed by atoms with Gasteiger partial charge in [-0.25, -0.2) is 0 Å². The van der Waals surface area contributed by atoms with Crippen LogP contribution in [0, 0.1) is 0 Å². The molecule has 0 saturated heterocycles. The molecule has 0 aliphatic heterocycles. The Morgan fingerprint density at radius 1 is 0.758 bits per heavy atom. The second kappa shape index (κ2) is 11.8. The van der Waals surface area contributed by atoms with Gasteiger partial charge in [0.25, 0.3) is 0 Å². The van der Waals surface area contributed by atoms with E-state index in [4.69, 9.17) is 33.2 Å². The molecule has 2 aromatic rings. The van der Waals surface area contributed by atoms with Crippen LogP contribution in [0.5, 0.6) is 34.5 Å². The van der Waals surface area contributed by atoms with E-state index in [1.807, 2.05) is 0 Å². The normalized spacial score (nSPS) is 12.4. The van der Waals surface area contributed by atoms with Crippen molar-refractivity contribution < 1.29 is 42.7 Å². The van der Waals surface area contributed by atoms with Gasteiger partial charge in [-0.15, -0.1) is 0 Å². The third-order valence-electron chi connectivity index (χ3n) is 4.78. The predicted molar refractivity (Wildman–Crippen MR) is 124 cm³/mol. The minimum absolute atomic E-state index is 0.00731. The summed E-state index contributed by atoms with van der Waals surface area (Å²) in [6.07, 6.45) is -0.775. The molecule has 9 nitrogen and oxygen atoms in total. The van der Waals surface area contributed by atoms with Crippen LogP contribution >= 0.6 is 15.9 Å². The molecule has 0 spiro atoms. The number of hydrogen-bond acceptors (Lipinski definition) is 9. The Kier molecular flexibility index (Phi) is 9.36. The van der Waals surface area contributed by atoms with Gasteiger partial charge in [0.05, 0.1) is 35.5 Å². The first kappa shape index (κ1) is 26.3. The van der Waals surface area contributed by atoms with Crippen LogP contribution in [0.15, 0.2) is 24.3 Å². The minimum Gasteiger partial charge on any atom is -0.496 e. The second-order valence-corrected chi connectivity index (χ2v) is 7.66. The molecule has 0 amide bonds. The van der Waals surface area contributed by atoms with Crippen molar-refractivity contribution in [3.8, 4) is 34.5 Å². The number of methoxy groups -OCH3 is 6. The molecule has 0 saturated carbocycles. The molecule has 0 radical (unpaired) electrons. The highest BCUT2D eigenvalue weighted by molar-refractivity contribution is 9.10. The Hall–Kier alpha value is -2.98. The summed E-state index contributed by atoms with van der Waals surface area (Å²) in [6.45, 7) is 1.24. The maximum absolute atomic E-state index is 13.6. The third kappa shape index (κ3) is 5.69. The zero-order chi connectivity index (χ0) is 24.7. The summed E-state index contributed by atoms with van der Waals surface area (Å²) < 4.78 is 37.8. The summed E-state index contributed by atoms with van der Waals surface area (Å²) in [5.41, 5.74) is 0.647. The van der Waals surface area contributed by atoms with Gasteiger partial charge in [0.15, 0.2) is 17.3 Å². The standard InChI is InChI=1S/C23H27BrO9/c1-12(25)33-16-11-14(27-2)10-15(28-3)19(16)21(26)20(24)22(31-6)13-8-17(29-4)23(32-7)18(9-13)30-5/h8-11,20,22H,1-7H3. The fourth-order valence-electron chi connectivity index (χ4n) is 3.29. The zero-order valence-corrected chi connectivity index (χ0v) is 21.1. The molecule has 0 aliphatic rings. The lowest BCUT2D eigenvalue weighted by molar-refractivity contribution is -0.131. The van der Waals surface area contributed by atoms with E-state index in [-0.39, 0.29) is 17.1 Å². The van der Waals surface area contributed by atoms with E-state index in [0.717, 1.165) is 0 Å². The summed E-state index contributed by atoms with van der Waals surface area (Å²) >= 11 is 3.46. The number of carbonyl (C=O) groups excluding carboxylic acids is 2. The van der Waals surface area contributed by atoms with E-state index in [9.17, 15) is 9.59 Å². The van der Waals surface area contributed by atoms with Crippen molar-refractivity contribution >= 4 is 27.7 Å². The van der Waals surface area contributed by atoms with Crippen molar-refractivity contribution in [2.24, 2.45) is 0 Å². The first-order chi connectivity index (χ1) is 15.8. The zero-order valence-electron chi connectivity index (χ0n) is 19.5. The van der Waals surface area contributed by atoms with Gasteiger partial charge in [-0.2, -0.15) is 0 Å². The average Bonchev–Trinajstić information content (AvgIpc) is 2.82. The predicted octanol–water partition coefficient (Wildman–Crippen LogP) is 3.99. The molecular formula is C23H27BrO9. The summed E-state index contributed by atoms with van der Waals surface area (Å²) in [5, 5.41) is 0. The van der Waals surface area contributed by atoms with Crippen molar-refractivity contribution in [3.63, 3.8) is 0 Å². The van der Waals surface area contributed by atoms with E-state index in [1.54, 1.807) is 12.1 Å². The molecule has 2 atom stereocenters. The maximum Gasteiger partial charge on any atom is 0.308 e. The topological polar surface area (TPSA) is 98.8 Å². The molecule has 33 heavy (non-hydrogen) atoms. The van der Waals surface area contributed by atoms with Crippen molar-refractivity contribution in [2.75, 3.05) is 42.7 Å². The lowest BCUT2D eigenvalue weighted by atomic mass is 9.97. The van der Waals surface area contributed by atoms with Crippen LogP contribution in [-0.2, 0) is 9.53 Å². The highest BCUT2D eigenvalue weighted by Crippen LogP contribution is 2.43. The lowest BCUT2D eigenvalue weighted by Crippen LogP contribution is -2.25. The van der Waals surface area contributed by atoms with Crippen molar-refractivity contribution in [1.82, 2.24) is 0 Å². The van der Waals surface area contributed by atoms with Crippen LogP contribution in [0.1, 0.15) is 28.9 Å². The van der Waals surface area contributed by atoms with Crippen molar-refractivity contribution in [1.29, 1.82) is 0 Å². The summed E-state index contributed by atoms with van der Waals surface area (Å²) in [4.78, 5) is 24.4. The number of alkyl halides is 1. The summed E-state index contributed by atoms with van der Waals surface area (Å²) in [7, 11) is 8.80. The van der Waals surface area contributed by atoms with E-state index >= 15 is 0 Å². The van der Waals surface area contributed by atoms with Crippen LogP contribution < -0.4 is 28.4 Å². The first-order valence-electron chi connectivity index (χ1n) is 9.71. The molecule has 10 heteroatoms. The minimum atomic E-state index is -0.901. The fourth-order valence-corrected chi connectivity index (χ4v) is 4.04.